The van der Waals surface area contributed by atoms with E-state index in [0.717, 1.165) is 18.6 Å². The Morgan fingerprint density at radius 3 is 2.19 bits per heavy atom. The summed E-state index contributed by atoms with van der Waals surface area (Å²) >= 11 is 0. The van der Waals surface area contributed by atoms with E-state index in [9.17, 15) is 9.59 Å². The van der Waals surface area contributed by atoms with E-state index in [-0.39, 0.29) is 24.0 Å². The van der Waals surface area contributed by atoms with E-state index >= 15 is 0 Å². The van der Waals surface area contributed by atoms with Crippen molar-refractivity contribution in [1.82, 2.24) is 10.6 Å². The van der Waals surface area contributed by atoms with Crippen molar-refractivity contribution in [1.29, 1.82) is 0 Å². The minimum atomic E-state index is -0.264. The molecule has 2 aromatic carbocycles. The quantitative estimate of drug-likeness (QED) is 0.698. The van der Waals surface area contributed by atoms with E-state index in [2.05, 4.69) is 22.5 Å². The SMILES string of the molecule is C=CC(=O)NC1CC(NC(=O)Nc2ccc(Oc3ccccc3)cc2)C1. The molecule has 2 aromatic rings. The van der Waals surface area contributed by atoms with Crippen LogP contribution in [0.15, 0.2) is 67.3 Å². The van der Waals surface area contributed by atoms with Gasteiger partial charge in [0, 0.05) is 17.8 Å². The number of urea groups is 1. The Hall–Kier alpha value is -3.28. The van der Waals surface area contributed by atoms with Crippen LogP contribution < -0.4 is 20.7 Å². The molecule has 0 aliphatic heterocycles. The molecular weight excluding hydrogens is 330 g/mol. The molecule has 0 atom stereocenters. The van der Waals surface area contributed by atoms with Crippen molar-refractivity contribution in [2.75, 3.05) is 5.32 Å². The Labute approximate surface area is 152 Å². The molecule has 0 radical (unpaired) electrons. The van der Waals surface area contributed by atoms with Crippen molar-refractivity contribution in [2.45, 2.75) is 24.9 Å². The molecule has 6 heteroatoms. The van der Waals surface area contributed by atoms with Gasteiger partial charge in [0.1, 0.15) is 11.5 Å². The highest BCUT2D eigenvalue weighted by molar-refractivity contribution is 5.89. The van der Waals surface area contributed by atoms with E-state index in [1.54, 1.807) is 24.3 Å². The number of benzene rings is 2. The molecule has 0 bridgehead atoms. The largest absolute Gasteiger partial charge is 0.457 e. The van der Waals surface area contributed by atoms with Crippen LogP contribution in [0.2, 0.25) is 0 Å². The summed E-state index contributed by atoms with van der Waals surface area (Å²) in [5, 5.41) is 8.47. The number of nitrogens with one attached hydrogen (secondary N) is 3. The maximum Gasteiger partial charge on any atom is 0.319 e. The maximum absolute atomic E-state index is 12.0. The highest BCUT2D eigenvalue weighted by atomic mass is 16.5. The summed E-state index contributed by atoms with van der Waals surface area (Å²) in [4.78, 5) is 23.2. The number of rotatable bonds is 6. The van der Waals surface area contributed by atoms with E-state index in [1.807, 2.05) is 30.3 Å². The monoisotopic (exact) mass is 351 g/mol. The topological polar surface area (TPSA) is 79.5 Å². The zero-order valence-electron chi connectivity index (χ0n) is 14.3. The molecule has 0 unspecified atom stereocenters. The first-order valence-electron chi connectivity index (χ1n) is 8.46. The molecule has 26 heavy (non-hydrogen) atoms. The molecule has 3 amide bonds. The molecule has 3 N–H and O–H groups in total. The van der Waals surface area contributed by atoms with Gasteiger partial charge in [-0.3, -0.25) is 4.79 Å². The van der Waals surface area contributed by atoms with Gasteiger partial charge < -0.3 is 20.7 Å². The van der Waals surface area contributed by atoms with Crippen LogP contribution in [0, 0.1) is 0 Å². The second-order valence-electron chi connectivity index (χ2n) is 6.12. The van der Waals surface area contributed by atoms with Crippen LogP contribution in [0.25, 0.3) is 0 Å². The normalized spacial score (nSPS) is 18.2. The van der Waals surface area contributed by atoms with Crippen molar-refractivity contribution >= 4 is 17.6 Å². The van der Waals surface area contributed by atoms with Gasteiger partial charge >= 0.3 is 6.03 Å². The van der Waals surface area contributed by atoms with Crippen molar-refractivity contribution in [3.05, 3.63) is 67.3 Å². The number of carbonyl (C=O) groups is 2. The molecule has 1 aliphatic carbocycles. The fourth-order valence-electron chi connectivity index (χ4n) is 2.70. The van der Waals surface area contributed by atoms with E-state index < -0.39 is 0 Å². The predicted molar refractivity (Wildman–Crippen MR) is 100 cm³/mol. The second kappa shape index (κ2) is 8.20. The summed E-state index contributed by atoms with van der Waals surface area (Å²) < 4.78 is 5.71. The van der Waals surface area contributed by atoms with Crippen LogP contribution in [-0.4, -0.2) is 24.0 Å². The van der Waals surface area contributed by atoms with Crippen LogP contribution in [-0.2, 0) is 4.79 Å². The van der Waals surface area contributed by atoms with Crippen LogP contribution in [0.3, 0.4) is 0 Å². The minimum Gasteiger partial charge on any atom is -0.457 e. The standard InChI is InChI=1S/C20H21N3O3/c1-2-19(24)21-15-12-16(13-15)23-20(25)22-14-8-10-18(11-9-14)26-17-6-4-3-5-7-17/h2-11,15-16H,1,12-13H2,(H,21,24)(H2,22,23,25). The van der Waals surface area contributed by atoms with Gasteiger partial charge in [-0.1, -0.05) is 24.8 Å². The Morgan fingerprint density at radius 2 is 1.54 bits per heavy atom. The number of anilines is 1. The summed E-state index contributed by atoms with van der Waals surface area (Å²) in [6.45, 7) is 3.42. The number of ether oxygens (including phenoxy) is 1. The first kappa shape index (κ1) is 17.5. The molecule has 0 spiro atoms. The van der Waals surface area contributed by atoms with Crippen LogP contribution >= 0.6 is 0 Å². The summed E-state index contributed by atoms with van der Waals surface area (Å²) in [7, 11) is 0. The lowest BCUT2D eigenvalue weighted by atomic mass is 9.87. The van der Waals surface area contributed by atoms with Gasteiger partial charge in [-0.15, -0.1) is 0 Å². The van der Waals surface area contributed by atoms with Gasteiger partial charge in [-0.2, -0.15) is 0 Å². The molecule has 1 saturated carbocycles. The average molecular weight is 351 g/mol. The van der Waals surface area contributed by atoms with Crippen LogP contribution in [0.1, 0.15) is 12.8 Å². The molecule has 6 nitrogen and oxygen atoms in total. The van der Waals surface area contributed by atoms with E-state index in [4.69, 9.17) is 4.74 Å². The molecule has 1 fully saturated rings. The summed E-state index contributed by atoms with van der Waals surface area (Å²) in [5.74, 6) is 1.27. The second-order valence-corrected chi connectivity index (χ2v) is 6.12. The molecule has 0 heterocycles. The average Bonchev–Trinajstić information content (AvgIpc) is 2.62. The highest BCUT2D eigenvalue weighted by Crippen LogP contribution is 2.23. The first-order valence-corrected chi connectivity index (χ1v) is 8.46. The molecular formula is C20H21N3O3. The number of para-hydroxylation sites is 1. The molecule has 0 aromatic heterocycles. The maximum atomic E-state index is 12.0. The van der Waals surface area contributed by atoms with Crippen molar-refractivity contribution in [3.8, 4) is 11.5 Å². The van der Waals surface area contributed by atoms with Gasteiger partial charge in [0.15, 0.2) is 0 Å². The fraction of sp³-hybridized carbons (Fsp3) is 0.200. The van der Waals surface area contributed by atoms with E-state index in [1.165, 1.54) is 6.08 Å². The van der Waals surface area contributed by atoms with Gasteiger partial charge in [0.2, 0.25) is 5.91 Å². The number of carbonyl (C=O) groups excluding carboxylic acids is 2. The number of hydrogen-bond acceptors (Lipinski definition) is 3. The smallest absolute Gasteiger partial charge is 0.319 e. The molecule has 3 rings (SSSR count). The highest BCUT2D eigenvalue weighted by Gasteiger charge is 2.30. The zero-order valence-corrected chi connectivity index (χ0v) is 14.3. The fourth-order valence-corrected chi connectivity index (χ4v) is 2.70. The molecule has 1 aliphatic rings. The Morgan fingerprint density at radius 1 is 0.923 bits per heavy atom. The minimum absolute atomic E-state index is 0.0609. The Balaban J connectivity index is 1.42. The molecule has 0 saturated heterocycles. The van der Waals surface area contributed by atoms with Gasteiger partial charge in [0.25, 0.3) is 0 Å². The summed E-state index contributed by atoms with van der Waals surface area (Å²) in [5.41, 5.74) is 0.679. The predicted octanol–water partition coefficient (Wildman–Crippen LogP) is 3.43. The first-order chi connectivity index (χ1) is 12.6. The van der Waals surface area contributed by atoms with Crippen molar-refractivity contribution < 1.29 is 14.3 Å². The lowest BCUT2D eigenvalue weighted by Gasteiger charge is -2.35. The Bertz CT molecular complexity index is 769. The van der Waals surface area contributed by atoms with Crippen molar-refractivity contribution in [3.63, 3.8) is 0 Å². The summed E-state index contributed by atoms with van der Waals surface area (Å²) in [6.07, 6.45) is 2.69. The Kier molecular flexibility index (Phi) is 5.53. The van der Waals surface area contributed by atoms with Crippen LogP contribution in [0.4, 0.5) is 10.5 Å². The number of amides is 3. The lowest BCUT2D eigenvalue weighted by Crippen LogP contribution is -2.54. The van der Waals surface area contributed by atoms with Crippen molar-refractivity contribution in [2.24, 2.45) is 0 Å². The zero-order chi connectivity index (χ0) is 18.4. The molecule has 134 valence electrons. The summed E-state index contributed by atoms with van der Waals surface area (Å²) in [6, 6.07) is 16.6. The lowest BCUT2D eigenvalue weighted by molar-refractivity contribution is -0.117. The third kappa shape index (κ3) is 4.86. The third-order valence-corrected chi connectivity index (χ3v) is 4.10. The van der Waals surface area contributed by atoms with Gasteiger partial charge in [-0.05, 0) is 55.3 Å². The van der Waals surface area contributed by atoms with Crippen LogP contribution in [0.5, 0.6) is 11.5 Å². The van der Waals surface area contributed by atoms with E-state index in [0.29, 0.717) is 11.4 Å². The van der Waals surface area contributed by atoms with Gasteiger partial charge in [-0.25, -0.2) is 4.79 Å². The van der Waals surface area contributed by atoms with Gasteiger partial charge in [0.05, 0.1) is 0 Å². The third-order valence-electron chi connectivity index (χ3n) is 4.10. The number of hydrogen-bond donors (Lipinski definition) is 3.